The highest BCUT2D eigenvalue weighted by atomic mass is 19.4. The zero-order valence-corrected chi connectivity index (χ0v) is 12.0. The van der Waals surface area contributed by atoms with Gasteiger partial charge in [0.15, 0.2) is 0 Å². The van der Waals surface area contributed by atoms with Crippen LogP contribution in [0.4, 0.5) is 13.2 Å². The molecule has 0 saturated carbocycles. The minimum atomic E-state index is -4.68. The highest BCUT2D eigenvalue weighted by Gasteiger charge is 2.30. The zero-order chi connectivity index (χ0) is 15.9. The first-order valence-corrected chi connectivity index (χ1v) is 6.67. The van der Waals surface area contributed by atoms with Gasteiger partial charge >= 0.3 is 6.36 Å². The van der Waals surface area contributed by atoms with Crippen LogP contribution in [0, 0.1) is 0 Å². The Morgan fingerprint density at radius 1 is 1.29 bits per heavy atom. The number of carbonyl (C=O) groups is 1. The van der Waals surface area contributed by atoms with E-state index in [1.807, 2.05) is 13.8 Å². The fraction of sp³-hybridized carbons (Fsp3) is 0.500. The molecule has 1 aromatic rings. The molecule has 4 nitrogen and oxygen atoms in total. The van der Waals surface area contributed by atoms with Crippen LogP contribution in [0.2, 0.25) is 0 Å². The van der Waals surface area contributed by atoms with Gasteiger partial charge in [0.05, 0.1) is 0 Å². The number of hydrogen-bond donors (Lipinski definition) is 2. The minimum absolute atomic E-state index is 0.0360. The summed E-state index contributed by atoms with van der Waals surface area (Å²) in [5.74, 6) is -0.285. The Morgan fingerprint density at radius 3 is 2.43 bits per heavy atom. The molecule has 118 valence electrons. The lowest BCUT2D eigenvalue weighted by atomic mass is 10.1. The maximum absolute atomic E-state index is 12.0. The van der Waals surface area contributed by atoms with Crippen LogP contribution >= 0.6 is 0 Å². The molecule has 2 N–H and O–H groups in total. The van der Waals surface area contributed by atoms with Gasteiger partial charge in [-0.1, -0.05) is 12.1 Å². The molecule has 1 aromatic carbocycles. The smallest absolute Gasteiger partial charge is 0.406 e. The molecule has 1 atom stereocenters. The van der Waals surface area contributed by atoms with Gasteiger partial charge < -0.3 is 15.4 Å². The number of amides is 1. The molecule has 0 saturated heterocycles. The SMILES string of the molecule is CCNC(=O)CCNC(C)c1ccc(OC(F)(F)F)cc1. The van der Waals surface area contributed by atoms with E-state index in [0.717, 1.165) is 5.56 Å². The van der Waals surface area contributed by atoms with Crippen LogP contribution in [-0.2, 0) is 4.79 Å². The van der Waals surface area contributed by atoms with Crippen LogP contribution in [0.5, 0.6) is 5.75 Å². The van der Waals surface area contributed by atoms with Crippen molar-refractivity contribution in [2.24, 2.45) is 0 Å². The molecule has 0 aliphatic rings. The van der Waals surface area contributed by atoms with Gasteiger partial charge in [-0.2, -0.15) is 0 Å². The second-order valence-electron chi connectivity index (χ2n) is 4.50. The second kappa shape index (κ2) is 7.87. The van der Waals surface area contributed by atoms with Crippen molar-refractivity contribution >= 4 is 5.91 Å². The Kier molecular flexibility index (Phi) is 6.48. The van der Waals surface area contributed by atoms with Gasteiger partial charge in [0.2, 0.25) is 5.91 Å². The summed E-state index contributed by atoms with van der Waals surface area (Å²) in [5.41, 5.74) is 0.820. The molecule has 0 aliphatic carbocycles. The summed E-state index contributed by atoms with van der Waals surface area (Å²) in [6, 6.07) is 5.59. The Hall–Kier alpha value is -1.76. The van der Waals surface area contributed by atoms with Gasteiger partial charge in [-0.25, -0.2) is 0 Å². The number of benzene rings is 1. The van der Waals surface area contributed by atoms with Crippen LogP contribution < -0.4 is 15.4 Å². The Bertz CT molecular complexity index is 447. The lowest BCUT2D eigenvalue weighted by Gasteiger charge is -2.15. The van der Waals surface area contributed by atoms with Crippen LogP contribution in [0.15, 0.2) is 24.3 Å². The summed E-state index contributed by atoms with van der Waals surface area (Å²) in [7, 11) is 0. The summed E-state index contributed by atoms with van der Waals surface area (Å²) >= 11 is 0. The maximum atomic E-state index is 12.0. The van der Waals surface area contributed by atoms with E-state index < -0.39 is 6.36 Å². The van der Waals surface area contributed by atoms with Crippen molar-refractivity contribution in [1.29, 1.82) is 0 Å². The fourth-order valence-electron chi connectivity index (χ4n) is 1.76. The molecule has 0 radical (unpaired) electrons. The van der Waals surface area contributed by atoms with E-state index in [1.165, 1.54) is 12.1 Å². The van der Waals surface area contributed by atoms with Crippen LogP contribution in [0.3, 0.4) is 0 Å². The number of rotatable bonds is 7. The third-order valence-corrected chi connectivity index (χ3v) is 2.79. The number of alkyl halides is 3. The fourth-order valence-corrected chi connectivity index (χ4v) is 1.76. The molecule has 21 heavy (non-hydrogen) atoms. The van der Waals surface area contributed by atoms with Gasteiger partial charge in [0.1, 0.15) is 5.75 Å². The number of nitrogens with one attached hydrogen (secondary N) is 2. The van der Waals surface area contributed by atoms with Crippen LogP contribution in [0.25, 0.3) is 0 Å². The molecular formula is C14H19F3N2O2. The van der Waals surface area contributed by atoms with Gasteiger partial charge in [-0.05, 0) is 31.5 Å². The molecule has 0 spiro atoms. The van der Waals surface area contributed by atoms with Crippen molar-refractivity contribution in [3.8, 4) is 5.75 Å². The van der Waals surface area contributed by atoms with E-state index in [0.29, 0.717) is 19.5 Å². The van der Waals surface area contributed by atoms with E-state index in [4.69, 9.17) is 0 Å². The van der Waals surface area contributed by atoms with Gasteiger partial charge in [-0.15, -0.1) is 13.2 Å². The zero-order valence-electron chi connectivity index (χ0n) is 12.0. The third kappa shape index (κ3) is 6.99. The largest absolute Gasteiger partial charge is 0.573 e. The summed E-state index contributed by atoms with van der Waals surface area (Å²) in [6.45, 7) is 4.80. The van der Waals surface area contributed by atoms with Crippen molar-refractivity contribution in [3.63, 3.8) is 0 Å². The highest BCUT2D eigenvalue weighted by molar-refractivity contribution is 5.75. The molecule has 0 aliphatic heterocycles. The molecular weight excluding hydrogens is 285 g/mol. The van der Waals surface area contributed by atoms with Crippen molar-refractivity contribution in [2.45, 2.75) is 32.7 Å². The predicted octanol–water partition coefficient (Wildman–Crippen LogP) is 2.76. The molecule has 7 heteroatoms. The summed E-state index contributed by atoms with van der Waals surface area (Å²) in [6.07, 6.45) is -4.33. The molecule has 1 amide bonds. The molecule has 1 unspecified atom stereocenters. The molecule has 1 rings (SSSR count). The number of hydrogen-bond acceptors (Lipinski definition) is 3. The summed E-state index contributed by atoms with van der Waals surface area (Å²) < 4.78 is 39.9. The summed E-state index contributed by atoms with van der Waals surface area (Å²) in [5, 5.41) is 5.82. The van der Waals surface area contributed by atoms with E-state index in [2.05, 4.69) is 15.4 Å². The predicted molar refractivity (Wildman–Crippen MR) is 72.8 cm³/mol. The average molecular weight is 304 g/mol. The minimum Gasteiger partial charge on any atom is -0.406 e. The number of carbonyl (C=O) groups excluding carboxylic acids is 1. The van der Waals surface area contributed by atoms with Crippen LogP contribution in [0.1, 0.15) is 31.9 Å². The first-order valence-electron chi connectivity index (χ1n) is 6.67. The average Bonchev–Trinajstić information content (AvgIpc) is 2.38. The first-order chi connectivity index (χ1) is 9.81. The highest BCUT2D eigenvalue weighted by Crippen LogP contribution is 2.24. The van der Waals surface area contributed by atoms with Crippen molar-refractivity contribution in [1.82, 2.24) is 10.6 Å². The first kappa shape index (κ1) is 17.3. The standard InChI is InChI=1S/C14H19F3N2O2/c1-3-18-13(20)8-9-19-10(2)11-4-6-12(7-5-11)21-14(15,16)17/h4-7,10,19H,3,8-9H2,1-2H3,(H,18,20). The topological polar surface area (TPSA) is 50.4 Å². The molecule has 0 fully saturated rings. The monoisotopic (exact) mass is 304 g/mol. The Morgan fingerprint density at radius 2 is 1.90 bits per heavy atom. The van der Waals surface area contributed by atoms with Gasteiger partial charge in [0.25, 0.3) is 0 Å². The van der Waals surface area contributed by atoms with Crippen LogP contribution in [-0.4, -0.2) is 25.4 Å². The Balaban J connectivity index is 2.44. The second-order valence-corrected chi connectivity index (χ2v) is 4.50. The van der Waals surface area contributed by atoms with Crippen molar-refractivity contribution in [2.75, 3.05) is 13.1 Å². The van der Waals surface area contributed by atoms with Gasteiger partial charge in [-0.3, -0.25) is 4.79 Å². The third-order valence-electron chi connectivity index (χ3n) is 2.79. The van der Waals surface area contributed by atoms with E-state index in [-0.39, 0.29) is 17.7 Å². The number of ether oxygens (including phenoxy) is 1. The molecule has 0 aromatic heterocycles. The normalized spacial score (nSPS) is 12.8. The number of halogens is 3. The summed E-state index contributed by atoms with van der Waals surface area (Å²) in [4.78, 5) is 11.3. The van der Waals surface area contributed by atoms with E-state index in [9.17, 15) is 18.0 Å². The van der Waals surface area contributed by atoms with E-state index in [1.54, 1.807) is 12.1 Å². The van der Waals surface area contributed by atoms with E-state index >= 15 is 0 Å². The lowest BCUT2D eigenvalue weighted by molar-refractivity contribution is -0.274. The van der Waals surface area contributed by atoms with Gasteiger partial charge in [0, 0.05) is 25.6 Å². The molecule has 0 heterocycles. The molecule has 0 bridgehead atoms. The lowest BCUT2D eigenvalue weighted by Crippen LogP contribution is -2.28. The quantitative estimate of drug-likeness (QED) is 0.814. The Labute approximate surface area is 121 Å². The van der Waals surface area contributed by atoms with Crippen molar-refractivity contribution in [3.05, 3.63) is 29.8 Å². The maximum Gasteiger partial charge on any atom is 0.573 e. The van der Waals surface area contributed by atoms with Crippen molar-refractivity contribution < 1.29 is 22.7 Å².